The first-order valence-corrected chi connectivity index (χ1v) is 10.3. The molecule has 14 nitrogen and oxygen atoms in total. The second-order valence-electron chi connectivity index (χ2n) is 8.63. The maximum atomic E-state index is 11.3. The van der Waals surface area contributed by atoms with E-state index in [0.29, 0.717) is 0 Å². The van der Waals surface area contributed by atoms with Crippen LogP contribution in [0.5, 0.6) is 0 Å². The molecule has 0 bridgehead atoms. The maximum absolute atomic E-state index is 11.3. The molecule has 2 saturated carbocycles. The SMILES string of the molecule is O=C(O)C1CC(C(=O)O)C(C(=O)O)CC1C(=O)O.O=C1OC(=O)C2CC3C(=O)OC(=O)C3CC12. The lowest BCUT2D eigenvalue weighted by atomic mass is 9.68. The lowest BCUT2D eigenvalue weighted by molar-refractivity contribution is -0.167. The van der Waals surface area contributed by atoms with Crippen molar-refractivity contribution in [3.63, 3.8) is 0 Å². The summed E-state index contributed by atoms with van der Waals surface area (Å²) in [4.78, 5) is 88.9. The molecule has 0 radical (unpaired) electrons. The van der Waals surface area contributed by atoms with Crippen LogP contribution in [-0.4, -0.2) is 68.2 Å². The number of hydrogen-bond donors (Lipinski definition) is 4. The Morgan fingerprint density at radius 1 is 0.471 bits per heavy atom. The number of hydrogen-bond acceptors (Lipinski definition) is 10. The second kappa shape index (κ2) is 9.19. The van der Waals surface area contributed by atoms with Gasteiger partial charge in [0, 0.05) is 0 Å². The van der Waals surface area contributed by atoms with Crippen molar-refractivity contribution in [1.82, 2.24) is 0 Å². The Kier molecular flexibility index (Phi) is 6.70. The molecule has 4 rings (SSSR count). The normalized spacial score (nSPS) is 36.2. The molecule has 4 fully saturated rings. The number of fused-ring (bicyclic) bond motifs is 2. The third kappa shape index (κ3) is 4.47. The summed E-state index contributed by atoms with van der Waals surface area (Å²) in [6, 6.07) is 0. The summed E-state index contributed by atoms with van der Waals surface area (Å²) >= 11 is 0. The molecule has 184 valence electrons. The van der Waals surface area contributed by atoms with Gasteiger partial charge < -0.3 is 29.9 Å². The lowest BCUT2D eigenvalue weighted by Gasteiger charge is -2.33. The third-order valence-corrected chi connectivity index (χ3v) is 6.86. The largest absolute Gasteiger partial charge is 0.481 e. The van der Waals surface area contributed by atoms with Gasteiger partial charge >= 0.3 is 47.8 Å². The monoisotopic (exact) mass is 484 g/mol. The number of carboxylic acid groups (broad SMARTS) is 4. The summed E-state index contributed by atoms with van der Waals surface area (Å²) in [6.07, 6.45) is -0.605. The van der Waals surface area contributed by atoms with E-state index in [1.807, 2.05) is 0 Å². The molecule has 0 aromatic carbocycles. The molecule has 14 heteroatoms. The van der Waals surface area contributed by atoms with E-state index < -0.39 is 108 Å². The van der Waals surface area contributed by atoms with Crippen molar-refractivity contribution in [3.05, 3.63) is 0 Å². The van der Waals surface area contributed by atoms with E-state index in [0.717, 1.165) is 0 Å². The van der Waals surface area contributed by atoms with E-state index in [9.17, 15) is 38.4 Å². The smallest absolute Gasteiger partial charge is 0.317 e. The highest BCUT2D eigenvalue weighted by atomic mass is 16.6. The van der Waals surface area contributed by atoms with Crippen molar-refractivity contribution in [3.8, 4) is 0 Å². The molecule has 4 aliphatic rings. The molecule has 0 aromatic heterocycles. The van der Waals surface area contributed by atoms with Crippen LogP contribution in [0.25, 0.3) is 0 Å². The van der Waals surface area contributed by atoms with Gasteiger partial charge in [0.25, 0.3) is 0 Å². The van der Waals surface area contributed by atoms with E-state index in [1.165, 1.54) is 0 Å². The highest BCUT2D eigenvalue weighted by Crippen LogP contribution is 2.46. The number of rotatable bonds is 4. The Bertz CT molecular complexity index is 832. The molecule has 2 aliphatic heterocycles. The van der Waals surface area contributed by atoms with Crippen LogP contribution < -0.4 is 0 Å². The first-order chi connectivity index (χ1) is 15.8. The summed E-state index contributed by atoms with van der Waals surface area (Å²) in [6.45, 7) is 0. The average Bonchev–Trinajstić information content (AvgIpc) is 3.20. The molecule has 2 heterocycles. The molecule has 0 aromatic rings. The van der Waals surface area contributed by atoms with Gasteiger partial charge in [0.2, 0.25) is 0 Å². The van der Waals surface area contributed by atoms with Crippen molar-refractivity contribution in [1.29, 1.82) is 0 Å². The van der Waals surface area contributed by atoms with E-state index in [1.54, 1.807) is 0 Å². The minimum absolute atomic E-state index is 0.185. The van der Waals surface area contributed by atoms with Gasteiger partial charge in [0.15, 0.2) is 0 Å². The van der Waals surface area contributed by atoms with Crippen molar-refractivity contribution in [2.45, 2.75) is 25.7 Å². The fourth-order valence-electron chi connectivity index (χ4n) is 5.04. The predicted octanol–water partition coefficient (Wildman–Crippen LogP) is -1.00. The Morgan fingerprint density at radius 3 is 0.853 bits per heavy atom. The molecular weight excluding hydrogens is 464 g/mol. The van der Waals surface area contributed by atoms with Gasteiger partial charge in [-0.2, -0.15) is 0 Å². The van der Waals surface area contributed by atoms with Crippen molar-refractivity contribution in [2.75, 3.05) is 0 Å². The minimum Gasteiger partial charge on any atom is -0.481 e. The molecule has 8 atom stereocenters. The van der Waals surface area contributed by atoms with E-state index in [-0.39, 0.29) is 12.8 Å². The van der Waals surface area contributed by atoms with Gasteiger partial charge in [-0.25, -0.2) is 0 Å². The van der Waals surface area contributed by atoms with Gasteiger partial charge in [0.1, 0.15) is 0 Å². The highest BCUT2D eigenvalue weighted by molar-refractivity contribution is 6.01. The fourth-order valence-corrected chi connectivity index (χ4v) is 5.04. The molecule has 4 N–H and O–H groups in total. The van der Waals surface area contributed by atoms with Crippen LogP contribution >= 0.6 is 0 Å². The number of carbonyl (C=O) groups is 8. The third-order valence-electron chi connectivity index (χ3n) is 6.86. The molecule has 2 saturated heterocycles. The van der Waals surface area contributed by atoms with Crippen LogP contribution in [-0.2, 0) is 47.8 Å². The number of cyclic esters (lactones) is 4. The van der Waals surface area contributed by atoms with Crippen molar-refractivity contribution < 1.29 is 68.3 Å². The number of ether oxygens (including phenoxy) is 2. The van der Waals surface area contributed by atoms with Gasteiger partial charge in [-0.1, -0.05) is 0 Å². The van der Waals surface area contributed by atoms with Crippen molar-refractivity contribution >= 4 is 47.8 Å². The number of carboxylic acids is 4. The van der Waals surface area contributed by atoms with Crippen molar-refractivity contribution in [2.24, 2.45) is 47.3 Å². The van der Waals surface area contributed by atoms with Gasteiger partial charge in [-0.15, -0.1) is 0 Å². The summed E-state index contributed by atoms with van der Waals surface area (Å²) in [5.41, 5.74) is 0. The topological polar surface area (TPSA) is 236 Å². The molecule has 2 aliphatic carbocycles. The maximum Gasteiger partial charge on any atom is 0.317 e. The summed E-state index contributed by atoms with van der Waals surface area (Å²) in [5.74, 6) is -15.8. The first-order valence-electron chi connectivity index (χ1n) is 10.3. The Labute approximate surface area is 189 Å². The van der Waals surface area contributed by atoms with Gasteiger partial charge in [-0.05, 0) is 25.7 Å². The van der Waals surface area contributed by atoms with E-state index in [4.69, 9.17) is 20.4 Å². The number of aliphatic carboxylic acids is 4. The zero-order chi connectivity index (χ0) is 25.5. The van der Waals surface area contributed by atoms with Crippen LogP contribution in [0.1, 0.15) is 25.7 Å². The molecule has 34 heavy (non-hydrogen) atoms. The quantitative estimate of drug-likeness (QED) is 0.276. The van der Waals surface area contributed by atoms with Crippen LogP contribution in [0.15, 0.2) is 0 Å². The van der Waals surface area contributed by atoms with Gasteiger partial charge in [0.05, 0.1) is 47.3 Å². The zero-order valence-corrected chi connectivity index (χ0v) is 17.3. The zero-order valence-electron chi connectivity index (χ0n) is 17.3. The Balaban J connectivity index is 0.000000191. The summed E-state index contributed by atoms with van der Waals surface area (Å²) < 4.78 is 9.01. The highest BCUT2D eigenvalue weighted by Gasteiger charge is 2.57. The molecule has 0 amide bonds. The summed E-state index contributed by atoms with van der Waals surface area (Å²) in [7, 11) is 0. The predicted molar refractivity (Wildman–Crippen MR) is 99.1 cm³/mol. The van der Waals surface area contributed by atoms with Crippen LogP contribution in [0.4, 0.5) is 0 Å². The van der Waals surface area contributed by atoms with Crippen LogP contribution in [0, 0.1) is 47.3 Å². The first kappa shape index (κ1) is 24.8. The molecule has 0 spiro atoms. The average molecular weight is 484 g/mol. The fraction of sp³-hybridized carbons (Fsp3) is 0.600. The van der Waals surface area contributed by atoms with E-state index in [2.05, 4.69) is 9.47 Å². The molecule has 8 unspecified atom stereocenters. The summed E-state index contributed by atoms with van der Waals surface area (Å²) in [5, 5.41) is 35.5. The standard InChI is InChI=1S/C10H12O8.C10H8O6/c11-7(12)3-1-4(8(13)14)6(10(17)18)2-5(3)9(15)16;11-7-3-1-4-6(10(14)16-8(4)12)2-5(3)9(13)15-7/h3-6H,1-2H2,(H,11,12)(H,13,14)(H,15,16)(H,17,18);3-6H,1-2H2. The Hall–Kier alpha value is -3.84. The van der Waals surface area contributed by atoms with Crippen LogP contribution in [0.2, 0.25) is 0 Å². The lowest BCUT2D eigenvalue weighted by Crippen LogP contribution is -2.44. The second-order valence-corrected chi connectivity index (χ2v) is 8.63. The van der Waals surface area contributed by atoms with Gasteiger partial charge in [-0.3, -0.25) is 38.4 Å². The Morgan fingerprint density at radius 2 is 0.676 bits per heavy atom. The molecular formula is C20H20O14. The minimum atomic E-state index is -1.42. The van der Waals surface area contributed by atoms with E-state index >= 15 is 0 Å². The van der Waals surface area contributed by atoms with Crippen LogP contribution in [0.3, 0.4) is 0 Å². The number of esters is 4. The number of carbonyl (C=O) groups excluding carboxylic acids is 4.